The summed E-state index contributed by atoms with van der Waals surface area (Å²) in [4.78, 5) is 24.6. The normalized spacial score (nSPS) is 11.3. The molecule has 0 spiro atoms. The molecule has 2 rings (SSSR count). The van der Waals surface area contributed by atoms with E-state index in [1.165, 1.54) is 19.1 Å². The average Bonchev–Trinajstić information content (AvgIpc) is 2.62. The second-order valence-corrected chi connectivity index (χ2v) is 7.81. The maximum Gasteiger partial charge on any atom is 0.275 e. The lowest BCUT2D eigenvalue weighted by Crippen LogP contribution is -2.34. The molecule has 2 aromatic rings. The lowest BCUT2D eigenvalue weighted by atomic mass is 10.2. The van der Waals surface area contributed by atoms with Gasteiger partial charge >= 0.3 is 0 Å². The van der Waals surface area contributed by atoms with Gasteiger partial charge in [-0.25, -0.2) is 17.2 Å². The Morgan fingerprint density at radius 2 is 1.89 bits per heavy atom. The molecule has 0 saturated heterocycles. The highest BCUT2D eigenvalue weighted by molar-refractivity contribution is 7.92. The number of aryl methyl sites for hydroxylation is 1. The number of benzene rings is 1. The Hall–Kier alpha value is -2.75. The molecule has 0 aliphatic carbocycles. The van der Waals surface area contributed by atoms with Crippen LogP contribution in [0.3, 0.4) is 0 Å². The van der Waals surface area contributed by atoms with Gasteiger partial charge in [-0.1, -0.05) is 0 Å². The highest BCUT2D eigenvalue weighted by atomic mass is 32.2. The van der Waals surface area contributed by atoms with Crippen LogP contribution in [-0.4, -0.2) is 24.6 Å². The molecule has 2 N–H and O–H groups in total. The fourth-order valence-corrected chi connectivity index (χ4v) is 2.89. The molecular weight excluding hydrogens is 380 g/mol. The van der Waals surface area contributed by atoms with Crippen molar-refractivity contribution in [3.8, 4) is 0 Å². The third-order valence-corrected chi connectivity index (χ3v) is 5.11. The van der Waals surface area contributed by atoms with Gasteiger partial charge < -0.3 is 9.88 Å². The number of sulfonamides is 1. The van der Waals surface area contributed by atoms with Crippen molar-refractivity contribution in [2.75, 3.05) is 10.5 Å². The van der Waals surface area contributed by atoms with Crippen LogP contribution in [0.25, 0.3) is 0 Å². The molecule has 0 fully saturated rings. The summed E-state index contributed by atoms with van der Waals surface area (Å²) in [5, 5.41) is 2.40. The van der Waals surface area contributed by atoms with E-state index in [-0.39, 0.29) is 23.5 Å². The first-order chi connectivity index (χ1) is 12.6. The number of anilines is 1. The van der Waals surface area contributed by atoms with Crippen LogP contribution in [0.15, 0.2) is 35.1 Å². The first-order valence-electron chi connectivity index (χ1n) is 8.04. The summed E-state index contributed by atoms with van der Waals surface area (Å²) in [6.07, 6.45) is 0. The van der Waals surface area contributed by atoms with Crippen molar-refractivity contribution < 1.29 is 22.0 Å². The predicted molar refractivity (Wildman–Crippen MR) is 96.7 cm³/mol. The number of halogens is 2. The molecule has 0 bridgehead atoms. The molecule has 0 aliphatic rings. The average molecular weight is 399 g/mol. The number of nitrogens with zero attached hydrogens (tertiary/aromatic N) is 1. The van der Waals surface area contributed by atoms with Crippen molar-refractivity contribution >= 4 is 21.6 Å². The lowest BCUT2D eigenvalue weighted by molar-refractivity contribution is -0.121. The largest absolute Gasteiger partial charge is 0.350 e. The van der Waals surface area contributed by atoms with Crippen LogP contribution in [0.2, 0.25) is 0 Å². The Labute approximate surface area is 155 Å². The minimum Gasteiger partial charge on any atom is -0.350 e. The van der Waals surface area contributed by atoms with Crippen molar-refractivity contribution in [2.24, 2.45) is 0 Å². The first kappa shape index (κ1) is 20.6. The number of hydrogen-bond acceptors (Lipinski definition) is 4. The van der Waals surface area contributed by atoms with E-state index in [0.29, 0.717) is 5.69 Å². The second kappa shape index (κ2) is 8.30. The zero-order valence-corrected chi connectivity index (χ0v) is 15.6. The summed E-state index contributed by atoms with van der Waals surface area (Å²) in [5.74, 6) is -2.12. The van der Waals surface area contributed by atoms with Crippen LogP contribution < -0.4 is 15.6 Å². The fraction of sp³-hybridized carbons (Fsp3) is 0.294. The Morgan fingerprint density at radius 3 is 2.56 bits per heavy atom. The molecular formula is C17H19F2N3O4S. The van der Waals surface area contributed by atoms with E-state index in [1.807, 2.05) is 0 Å². The van der Waals surface area contributed by atoms with Crippen LogP contribution in [0.4, 0.5) is 14.5 Å². The Balaban J connectivity index is 2.15. The smallest absolute Gasteiger partial charge is 0.275 e. The highest BCUT2D eigenvalue weighted by Gasteiger charge is 2.15. The molecule has 0 saturated carbocycles. The van der Waals surface area contributed by atoms with E-state index in [0.717, 1.165) is 22.8 Å². The van der Waals surface area contributed by atoms with Crippen LogP contribution >= 0.6 is 0 Å². The third kappa shape index (κ3) is 5.36. The van der Waals surface area contributed by atoms with Gasteiger partial charge in [-0.15, -0.1) is 0 Å². The number of pyridine rings is 1. The summed E-state index contributed by atoms with van der Waals surface area (Å²) in [6, 6.07) is 5.70. The van der Waals surface area contributed by atoms with Crippen LogP contribution in [0, 0.1) is 18.6 Å². The van der Waals surface area contributed by atoms with Crippen LogP contribution in [0.1, 0.15) is 18.2 Å². The van der Waals surface area contributed by atoms with Gasteiger partial charge in [-0.3, -0.25) is 14.3 Å². The quantitative estimate of drug-likeness (QED) is 0.738. The van der Waals surface area contributed by atoms with Gasteiger partial charge in [0, 0.05) is 17.8 Å². The predicted octanol–water partition coefficient (Wildman–Crippen LogP) is 1.51. The summed E-state index contributed by atoms with van der Waals surface area (Å²) in [5.41, 5.74) is -0.450. The van der Waals surface area contributed by atoms with Crippen molar-refractivity contribution in [1.29, 1.82) is 0 Å². The molecule has 1 heterocycles. The molecule has 0 atom stereocenters. The van der Waals surface area contributed by atoms with Crippen molar-refractivity contribution in [3.05, 3.63) is 63.6 Å². The first-order valence-corrected chi connectivity index (χ1v) is 9.69. The van der Waals surface area contributed by atoms with E-state index in [4.69, 9.17) is 0 Å². The SMILES string of the molecule is CCS(=O)(=O)Nc1ccc(C)n(CC(=O)NCc2cc(F)ccc2F)c1=O. The number of carbonyl (C=O) groups is 1. The van der Waals surface area contributed by atoms with E-state index in [1.54, 1.807) is 6.92 Å². The monoisotopic (exact) mass is 399 g/mol. The zero-order valence-electron chi connectivity index (χ0n) is 14.8. The molecule has 10 heteroatoms. The molecule has 146 valence electrons. The standard InChI is InChI=1S/C17H19F2N3O4S/c1-3-27(25,26)21-15-7-4-11(2)22(17(15)24)10-16(23)20-9-12-8-13(18)5-6-14(12)19/h4-8,21H,3,9-10H2,1-2H3,(H,20,23). The molecule has 0 radical (unpaired) electrons. The number of carbonyl (C=O) groups excluding carboxylic acids is 1. The van der Waals surface area contributed by atoms with Crippen molar-refractivity contribution in [2.45, 2.75) is 26.9 Å². The maximum atomic E-state index is 13.6. The van der Waals surface area contributed by atoms with E-state index in [9.17, 15) is 26.8 Å². The maximum absolute atomic E-state index is 13.6. The van der Waals surface area contributed by atoms with E-state index in [2.05, 4.69) is 10.0 Å². The highest BCUT2D eigenvalue weighted by Crippen LogP contribution is 2.09. The number of rotatable bonds is 7. The molecule has 0 unspecified atom stereocenters. The molecule has 0 aliphatic heterocycles. The number of aromatic nitrogens is 1. The third-order valence-electron chi connectivity index (χ3n) is 3.82. The fourth-order valence-electron chi connectivity index (χ4n) is 2.26. The Bertz CT molecular complexity index is 1020. The van der Waals surface area contributed by atoms with Gasteiger partial charge in [0.2, 0.25) is 15.9 Å². The van der Waals surface area contributed by atoms with Crippen molar-refractivity contribution in [3.63, 3.8) is 0 Å². The molecule has 1 amide bonds. The summed E-state index contributed by atoms with van der Waals surface area (Å²) in [6.45, 7) is 2.36. The zero-order chi connectivity index (χ0) is 20.2. The minimum atomic E-state index is -3.65. The van der Waals surface area contributed by atoms with Gasteiger partial charge in [0.1, 0.15) is 23.9 Å². The van der Waals surface area contributed by atoms with Gasteiger partial charge in [-0.05, 0) is 44.2 Å². The molecule has 7 nitrogen and oxygen atoms in total. The Kier molecular flexibility index (Phi) is 6.32. The van der Waals surface area contributed by atoms with Gasteiger partial charge in [-0.2, -0.15) is 0 Å². The van der Waals surface area contributed by atoms with Gasteiger partial charge in [0.05, 0.1) is 5.75 Å². The summed E-state index contributed by atoms with van der Waals surface area (Å²) in [7, 11) is -3.65. The molecule has 1 aromatic carbocycles. The van der Waals surface area contributed by atoms with Crippen LogP contribution in [-0.2, 0) is 27.9 Å². The van der Waals surface area contributed by atoms with E-state index >= 15 is 0 Å². The van der Waals surface area contributed by atoms with Crippen molar-refractivity contribution in [1.82, 2.24) is 9.88 Å². The topological polar surface area (TPSA) is 97.3 Å². The van der Waals surface area contributed by atoms with Crippen LogP contribution in [0.5, 0.6) is 0 Å². The van der Waals surface area contributed by atoms with Gasteiger partial charge in [0.25, 0.3) is 5.56 Å². The molecule has 27 heavy (non-hydrogen) atoms. The van der Waals surface area contributed by atoms with Gasteiger partial charge in [0.15, 0.2) is 0 Å². The minimum absolute atomic E-state index is 0.0307. The summed E-state index contributed by atoms with van der Waals surface area (Å²) >= 11 is 0. The molecule has 1 aromatic heterocycles. The Morgan fingerprint density at radius 1 is 1.19 bits per heavy atom. The number of hydrogen-bond donors (Lipinski definition) is 2. The number of nitrogens with one attached hydrogen (secondary N) is 2. The number of amides is 1. The lowest BCUT2D eigenvalue weighted by Gasteiger charge is -2.13. The summed E-state index contributed by atoms with van der Waals surface area (Å²) < 4.78 is 53.3. The van der Waals surface area contributed by atoms with E-state index < -0.39 is 39.7 Å². The second-order valence-electron chi connectivity index (χ2n) is 5.80.